The molecule has 282 valence electrons. The van der Waals surface area contributed by atoms with Crippen LogP contribution in [-0.4, -0.2) is 47.3 Å². The maximum Gasteiger partial charge on any atom is 0.252 e. The number of benzene rings is 2. The molecule has 55 heavy (non-hydrogen) atoms. The number of ketones is 1. The van der Waals surface area contributed by atoms with E-state index < -0.39 is 30.0 Å². The standard InChI is InChI=1S/C46H48N4O5/c1-28-4-8-30(9-5-28)41(53)24-32(51)10-6-29-7-15-42-43(22-29)55-45-38(46(19-21-54-42)17-2-3-18-46)13-14-40(52)34-11-12-35-33(16-20-48-44(35)47)36(34)23-31-25-49-39-27-50(45)26-37(31)39/h4,7-8,11-12,15,20,22,25,27-28,30,38,40-41,44-45,52-53H,2-3,5-6,9-10,16-18,23-24,26,47H2,1H3/p+1. The van der Waals surface area contributed by atoms with Crippen LogP contribution in [0.4, 0.5) is 0 Å². The van der Waals surface area contributed by atoms with Gasteiger partial charge in [-0.15, -0.1) is 0 Å². The molecule has 8 unspecified atom stereocenters. The second kappa shape index (κ2) is 14.7. The van der Waals surface area contributed by atoms with Gasteiger partial charge in [-0.1, -0.05) is 67.9 Å². The highest BCUT2D eigenvalue weighted by atomic mass is 16.5. The molecule has 7 aliphatic rings. The number of carbonyl (C=O) groups is 1. The summed E-state index contributed by atoms with van der Waals surface area (Å²) < 4.78 is 13.3. The number of ether oxygens (including phenoxy) is 2. The second-order valence-corrected chi connectivity index (χ2v) is 16.5. The molecule has 0 aromatic heterocycles. The molecule has 9 rings (SSSR count). The van der Waals surface area contributed by atoms with Crippen molar-refractivity contribution in [2.45, 2.75) is 102 Å². The van der Waals surface area contributed by atoms with Crippen molar-refractivity contribution in [1.82, 2.24) is 0 Å². The zero-order valence-electron chi connectivity index (χ0n) is 31.4. The number of hydrogen-bond acceptors (Lipinski definition) is 8. The Bertz CT molecular complexity index is 2190. The minimum Gasteiger partial charge on any atom is -0.437 e. The SMILES string of the molecule is CC1C=CC(C(O)CC(=O)CCc2ccc3c(c2)OC2C(C#CC(O)c4ccc5c(c4CC4=C6C[NH+]2C=C6N=C4)CC=NC5N)C2(C#CO3)CCCC2)CC1. The van der Waals surface area contributed by atoms with E-state index in [-0.39, 0.29) is 24.0 Å². The predicted molar refractivity (Wildman–Crippen MR) is 210 cm³/mol. The topological polar surface area (TPSA) is 131 Å². The van der Waals surface area contributed by atoms with E-state index in [1.807, 2.05) is 42.8 Å². The van der Waals surface area contributed by atoms with Crippen LogP contribution < -0.4 is 20.1 Å². The Balaban J connectivity index is 1.06. The van der Waals surface area contributed by atoms with Crippen LogP contribution >= 0.6 is 0 Å². The first-order valence-corrected chi connectivity index (χ1v) is 20.1. The predicted octanol–water partition coefficient (Wildman–Crippen LogP) is 4.77. The van der Waals surface area contributed by atoms with Gasteiger partial charge in [0.2, 0.25) is 0 Å². The van der Waals surface area contributed by atoms with E-state index in [2.05, 4.69) is 54.1 Å². The fourth-order valence-corrected chi connectivity index (χ4v) is 9.70. The molecule has 0 radical (unpaired) electrons. The molecule has 0 saturated heterocycles. The number of Topliss-reactive ketones (excluding diaryl/α,β-unsaturated/α-hetero) is 1. The van der Waals surface area contributed by atoms with Gasteiger partial charge >= 0.3 is 0 Å². The lowest BCUT2D eigenvalue weighted by Crippen LogP contribution is -3.12. The first-order valence-electron chi connectivity index (χ1n) is 20.1. The van der Waals surface area contributed by atoms with Crippen LogP contribution in [0.2, 0.25) is 0 Å². The van der Waals surface area contributed by atoms with E-state index in [4.69, 9.17) is 20.2 Å². The summed E-state index contributed by atoms with van der Waals surface area (Å²) in [5.74, 6) is 11.8. The number of quaternary nitrogens is 1. The lowest BCUT2D eigenvalue weighted by molar-refractivity contribution is -0.891. The van der Waals surface area contributed by atoms with Crippen LogP contribution in [-0.2, 0) is 24.1 Å². The lowest BCUT2D eigenvalue weighted by atomic mass is 9.73. The Morgan fingerprint density at radius 3 is 2.78 bits per heavy atom. The quantitative estimate of drug-likeness (QED) is 0.250. The number of rotatable bonds is 6. The average Bonchev–Trinajstić information content (AvgIpc) is 3.93. The summed E-state index contributed by atoms with van der Waals surface area (Å²) >= 11 is 0. The molecule has 2 aromatic rings. The first-order chi connectivity index (χ1) is 26.7. The molecule has 8 atom stereocenters. The Labute approximate surface area is 323 Å². The summed E-state index contributed by atoms with van der Waals surface area (Å²) in [7, 11) is 0. The molecule has 9 heteroatoms. The minimum atomic E-state index is -1.03. The molecule has 2 aliphatic carbocycles. The van der Waals surface area contributed by atoms with E-state index in [1.165, 1.54) is 5.57 Å². The van der Waals surface area contributed by atoms with Crippen molar-refractivity contribution in [2.24, 2.45) is 38.9 Å². The molecule has 9 nitrogen and oxygen atoms in total. The van der Waals surface area contributed by atoms with Gasteiger partial charge in [-0.25, -0.2) is 0 Å². The zero-order chi connectivity index (χ0) is 37.7. The highest BCUT2D eigenvalue weighted by Crippen LogP contribution is 2.47. The summed E-state index contributed by atoms with van der Waals surface area (Å²) in [6, 6.07) is 9.77. The third kappa shape index (κ3) is 6.89. The monoisotopic (exact) mass is 737 g/mol. The van der Waals surface area contributed by atoms with E-state index in [0.717, 1.165) is 82.5 Å². The molecule has 1 saturated carbocycles. The third-order valence-electron chi connectivity index (χ3n) is 12.9. The van der Waals surface area contributed by atoms with Gasteiger partial charge in [0, 0.05) is 49.6 Å². The van der Waals surface area contributed by atoms with Crippen molar-refractivity contribution in [1.29, 1.82) is 0 Å². The summed E-state index contributed by atoms with van der Waals surface area (Å²) in [6.45, 7) is 2.85. The van der Waals surface area contributed by atoms with E-state index in [9.17, 15) is 15.0 Å². The Kier molecular flexibility index (Phi) is 9.60. The van der Waals surface area contributed by atoms with Gasteiger partial charge in [-0.05, 0) is 83.5 Å². The average molecular weight is 738 g/mol. The third-order valence-corrected chi connectivity index (χ3v) is 12.9. The molecule has 5 N–H and O–H groups in total. The number of carbonyl (C=O) groups excluding carboxylic acids is 1. The molecule has 0 amide bonds. The summed E-state index contributed by atoms with van der Waals surface area (Å²) in [5, 5.41) is 22.7. The number of aliphatic imine (C=N–C) groups is 2. The molecule has 1 fully saturated rings. The fraction of sp³-hybridized carbons (Fsp3) is 0.457. The number of nitrogens with one attached hydrogen (secondary N) is 1. The Morgan fingerprint density at radius 2 is 1.95 bits per heavy atom. The number of aliphatic hydroxyl groups excluding tert-OH is 2. The van der Waals surface area contributed by atoms with Crippen molar-refractivity contribution < 1.29 is 29.4 Å². The molecule has 2 aromatic carbocycles. The highest BCUT2D eigenvalue weighted by Gasteiger charge is 2.51. The molecular weight excluding hydrogens is 689 g/mol. The van der Waals surface area contributed by atoms with E-state index in [0.29, 0.717) is 49.6 Å². The van der Waals surface area contributed by atoms with Crippen LogP contribution in [0.3, 0.4) is 0 Å². The number of aryl methyl sites for hydroxylation is 1. The maximum absolute atomic E-state index is 13.1. The maximum atomic E-state index is 13.1. The number of nitrogens with zero attached hydrogens (tertiary/aromatic N) is 2. The van der Waals surface area contributed by atoms with Crippen molar-refractivity contribution in [3.63, 3.8) is 0 Å². The fourth-order valence-electron chi connectivity index (χ4n) is 9.70. The van der Waals surface area contributed by atoms with Crippen LogP contribution in [0.25, 0.3) is 0 Å². The zero-order valence-corrected chi connectivity index (χ0v) is 31.4. The van der Waals surface area contributed by atoms with Gasteiger partial charge in [-0.2, -0.15) is 0 Å². The van der Waals surface area contributed by atoms with Crippen molar-refractivity contribution in [2.75, 3.05) is 6.54 Å². The number of nitrogens with two attached hydrogens (primary N) is 1. The second-order valence-electron chi connectivity index (χ2n) is 16.5. The number of aliphatic hydroxyl groups is 2. The van der Waals surface area contributed by atoms with Crippen LogP contribution in [0.15, 0.2) is 75.5 Å². The number of allylic oxidation sites excluding steroid dienone is 2. The highest BCUT2D eigenvalue weighted by molar-refractivity contribution is 5.87. The van der Waals surface area contributed by atoms with Crippen LogP contribution in [0.5, 0.6) is 11.5 Å². The van der Waals surface area contributed by atoms with Gasteiger partial charge in [-0.3, -0.25) is 19.7 Å². The molecule has 5 aliphatic heterocycles. The van der Waals surface area contributed by atoms with Gasteiger partial charge in [0.25, 0.3) is 6.23 Å². The van der Waals surface area contributed by atoms with Crippen molar-refractivity contribution in [3.05, 3.63) is 93.3 Å². The van der Waals surface area contributed by atoms with Crippen LogP contribution in [0, 0.1) is 47.0 Å². The Hall–Kier alpha value is -4.77. The normalized spacial score (nSPS) is 29.8. The summed E-state index contributed by atoms with van der Waals surface area (Å²) in [6.07, 6.45) is 18.6. The summed E-state index contributed by atoms with van der Waals surface area (Å²) in [5.41, 5.74) is 14.0. The largest absolute Gasteiger partial charge is 0.437 e. The lowest BCUT2D eigenvalue weighted by Gasteiger charge is -2.36. The molecule has 5 heterocycles. The van der Waals surface area contributed by atoms with Gasteiger partial charge in [0.15, 0.2) is 11.5 Å². The van der Waals surface area contributed by atoms with Crippen molar-refractivity contribution >= 4 is 18.2 Å². The van der Waals surface area contributed by atoms with Gasteiger partial charge in [0.1, 0.15) is 48.5 Å². The van der Waals surface area contributed by atoms with Gasteiger partial charge < -0.3 is 25.4 Å². The molecular formula is C46H49N4O5+. The molecule has 1 spiro atoms. The van der Waals surface area contributed by atoms with E-state index in [1.54, 1.807) is 0 Å². The Morgan fingerprint density at radius 1 is 1.09 bits per heavy atom. The first kappa shape index (κ1) is 35.9. The van der Waals surface area contributed by atoms with E-state index >= 15 is 0 Å². The van der Waals surface area contributed by atoms with Crippen molar-refractivity contribution in [3.8, 4) is 35.4 Å². The summed E-state index contributed by atoms with van der Waals surface area (Å²) in [4.78, 5) is 23.5. The molecule has 2 bridgehead atoms. The number of hydrogen-bond donors (Lipinski definition) is 4. The number of fused-ring (bicyclic) bond motifs is 8. The minimum absolute atomic E-state index is 0.0347. The smallest absolute Gasteiger partial charge is 0.252 e. The van der Waals surface area contributed by atoms with Gasteiger partial charge in [0.05, 0.1) is 11.5 Å². The van der Waals surface area contributed by atoms with Crippen LogP contribution in [0.1, 0.15) is 98.4 Å².